The van der Waals surface area contributed by atoms with E-state index in [1.807, 2.05) is 0 Å². The van der Waals surface area contributed by atoms with Crippen LogP contribution in [0, 0.1) is 0 Å². The van der Waals surface area contributed by atoms with Gasteiger partial charge in [-0.3, -0.25) is 14.7 Å². The molecule has 0 saturated heterocycles. The Morgan fingerprint density at radius 2 is 2.24 bits per heavy atom. The molecule has 2 aromatic rings. The van der Waals surface area contributed by atoms with Crippen molar-refractivity contribution in [3.8, 4) is 0 Å². The first-order valence-corrected chi connectivity index (χ1v) is 6.91. The molecule has 1 aliphatic heterocycles. The van der Waals surface area contributed by atoms with Crippen molar-refractivity contribution in [1.82, 2.24) is 20.5 Å². The molecular weight excluding hydrogens is 362 g/mol. The fourth-order valence-electron chi connectivity index (χ4n) is 2.14. The Kier molecular flexibility index (Phi) is 4.81. The third-order valence-electron chi connectivity index (χ3n) is 3.14. The minimum Gasteiger partial charge on any atom is -0.326 e. The van der Waals surface area contributed by atoms with E-state index < -0.39 is 5.91 Å². The molecule has 0 spiro atoms. The second-order valence-electron chi connectivity index (χ2n) is 4.47. The minimum absolute atomic E-state index is 0. The molecular formula is C12H13BrClN5O2. The van der Waals surface area contributed by atoms with E-state index in [2.05, 4.69) is 41.7 Å². The van der Waals surface area contributed by atoms with Crippen molar-refractivity contribution in [2.45, 2.75) is 13.0 Å². The number of halogens is 2. The topological polar surface area (TPSA) is 103 Å². The lowest BCUT2D eigenvalue weighted by Crippen LogP contribution is -2.26. The maximum Gasteiger partial charge on any atom is 0.276 e. The molecule has 0 aliphatic carbocycles. The van der Waals surface area contributed by atoms with Crippen molar-refractivity contribution in [3.05, 3.63) is 44.0 Å². The number of H-pyrrole nitrogens is 2. The van der Waals surface area contributed by atoms with Gasteiger partial charge in [0.05, 0.1) is 0 Å². The predicted molar refractivity (Wildman–Crippen MR) is 84.0 cm³/mol. The smallest absolute Gasteiger partial charge is 0.276 e. The molecule has 7 nitrogen and oxygen atoms in total. The fourth-order valence-corrected chi connectivity index (χ4v) is 2.49. The number of carbonyl (C=O) groups excluding carboxylic acids is 1. The SMILES string of the molecule is Cl.O=C(Nc1cc(Br)c[nH]c1=O)c1n[nH]c2c1CNCC2. The molecule has 112 valence electrons. The molecule has 0 bridgehead atoms. The van der Waals surface area contributed by atoms with E-state index >= 15 is 0 Å². The lowest BCUT2D eigenvalue weighted by atomic mass is 10.1. The van der Waals surface area contributed by atoms with Crippen LogP contribution in [0.2, 0.25) is 0 Å². The number of hydrogen-bond acceptors (Lipinski definition) is 4. The van der Waals surface area contributed by atoms with E-state index in [4.69, 9.17) is 0 Å². The van der Waals surface area contributed by atoms with Crippen molar-refractivity contribution in [2.75, 3.05) is 11.9 Å². The summed E-state index contributed by atoms with van der Waals surface area (Å²) in [5, 5.41) is 12.7. The van der Waals surface area contributed by atoms with Crippen LogP contribution in [0.5, 0.6) is 0 Å². The summed E-state index contributed by atoms with van der Waals surface area (Å²) < 4.78 is 0.679. The summed E-state index contributed by atoms with van der Waals surface area (Å²) >= 11 is 3.24. The summed E-state index contributed by atoms with van der Waals surface area (Å²) in [5.74, 6) is -0.394. The number of aromatic amines is 2. The Hall–Kier alpha value is -1.64. The summed E-state index contributed by atoms with van der Waals surface area (Å²) in [6.07, 6.45) is 2.32. The van der Waals surface area contributed by atoms with Gasteiger partial charge in [-0.2, -0.15) is 5.10 Å². The molecule has 0 radical (unpaired) electrons. The molecule has 0 atom stereocenters. The van der Waals surface area contributed by atoms with Gasteiger partial charge >= 0.3 is 0 Å². The van der Waals surface area contributed by atoms with Crippen LogP contribution < -0.4 is 16.2 Å². The molecule has 0 aromatic carbocycles. The third kappa shape index (κ3) is 3.17. The number of hydrogen-bond donors (Lipinski definition) is 4. The zero-order valence-corrected chi connectivity index (χ0v) is 13.2. The molecule has 2 aromatic heterocycles. The zero-order valence-electron chi connectivity index (χ0n) is 10.8. The molecule has 21 heavy (non-hydrogen) atoms. The molecule has 4 N–H and O–H groups in total. The Morgan fingerprint density at radius 1 is 1.43 bits per heavy atom. The lowest BCUT2D eigenvalue weighted by molar-refractivity contribution is 0.102. The van der Waals surface area contributed by atoms with Gasteiger partial charge < -0.3 is 15.6 Å². The van der Waals surface area contributed by atoms with Crippen LogP contribution in [0.4, 0.5) is 5.69 Å². The summed E-state index contributed by atoms with van der Waals surface area (Å²) in [4.78, 5) is 26.4. The van der Waals surface area contributed by atoms with Gasteiger partial charge in [-0.05, 0) is 22.0 Å². The van der Waals surface area contributed by atoms with E-state index in [0.29, 0.717) is 16.7 Å². The number of anilines is 1. The fraction of sp³-hybridized carbons (Fsp3) is 0.250. The van der Waals surface area contributed by atoms with Gasteiger partial charge in [-0.25, -0.2) is 0 Å². The number of nitrogens with one attached hydrogen (secondary N) is 4. The maximum atomic E-state index is 12.2. The van der Waals surface area contributed by atoms with Crippen LogP contribution in [0.15, 0.2) is 21.5 Å². The van der Waals surface area contributed by atoms with Crippen LogP contribution in [-0.2, 0) is 13.0 Å². The van der Waals surface area contributed by atoms with Crippen molar-refractivity contribution in [2.24, 2.45) is 0 Å². The number of nitrogens with zero attached hydrogens (tertiary/aromatic N) is 1. The van der Waals surface area contributed by atoms with Crippen molar-refractivity contribution in [3.63, 3.8) is 0 Å². The Bertz CT molecular complexity index is 727. The highest BCUT2D eigenvalue weighted by atomic mass is 79.9. The maximum absolute atomic E-state index is 12.2. The highest BCUT2D eigenvalue weighted by Gasteiger charge is 2.22. The van der Waals surface area contributed by atoms with Crippen molar-refractivity contribution in [1.29, 1.82) is 0 Å². The van der Waals surface area contributed by atoms with Crippen LogP contribution in [0.1, 0.15) is 21.7 Å². The van der Waals surface area contributed by atoms with Gasteiger partial charge in [-0.1, -0.05) is 0 Å². The van der Waals surface area contributed by atoms with E-state index in [1.165, 1.54) is 6.20 Å². The highest BCUT2D eigenvalue weighted by Crippen LogP contribution is 2.17. The monoisotopic (exact) mass is 373 g/mol. The number of pyridine rings is 1. The quantitative estimate of drug-likeness (QED) is 0.634. The molecule has 3 rings (SSSR count). The average Bonchev–Trinajstić information content (AvgIpc) is 2.87. The highest BCUT2D eigenvalue weighted by molar-refractivity contribution is 9.10. The van der Waals surface area contributed by atoms with Gasteiger partial charge in [0.15, 0.2) is 5.69 Å². The van der Waals surface area contributed by atoms with E-state index in [0.717, 1.165) is 24.2 Å². The predicted octanol–water partition coefficient (Wildman–Crippen LogP) is 1.18. The van der Waals surface area contributed by atoms with Gasteiger partial charge in [-0.15, -0.1) is 12.4 Å². The Balaban J connectivity index is 0.00000161. The van der Waals surface area contributed by atoms with Crippen molar-refractivity contribution >= 4 is 39.9 Å². The number of aromatic nitrogens is 3. The van der Waals surface area contributed by atoms with Gasteiger partial charge in [0.1, 0.15) is 5.69 Å². The summed E-state index contributed by atoms with van der Waals surface area (Å²) in [6.45, 7) is 1.46. The summed E-state index contributed by atoms with van der Waals surface area (Å²) in [5.41, 5.74) is 1.98. The number of fused-ring (bicyclic) bond motifs is 1. The Morgan fingerprint density at radius 3 is 3.05 bits per heavy atom. The summed E-state index contributed by atoms with van der Waals surface area (Å²) in [6, 6.07) is 1.55. The molecule has 3 heterocycles. The lowest BCUT2D eigenvalue weighted by Gasteiger charge is -2.12. The molecule has 1 aliphatic rings. The van der Waals surface area contributed by atoms with E-state index in [9.17, 15) is 9.59 Å². The minimum atomic E-state index is -0.394. The van der Waals surface area contributed by atoms with Crippen LogP contribution in [-0.4, -0.2) is 27.6 Å². The van der Waals surface area contributed by atoms with E-state index in [1.54, 1.807) is 6.07 Å². The van der Waals surface area contributed by atoms with Crippen LogP contribution in [0.25, 0.3) is 0 Å². The number of rotatable bonds is 2. The standard InChI is InChI=1S/C12H12BrN5O2.ClH/c13-6-3-9(11(19)15-4-6)16-12(20)10-7-5-14-2-1-8(7)17-18-10;/h3-4,14H,1-2,5H2,(H,15,19)(H,16,20)(H,17,18);1H. The Labute approximate surface area is 134 Å². The molecule has 1 amide bonds. The molecule has 0 fully saturated rings. The van der Waals surface area contributed by atoms with Gasteiger partial charge in [0.2, 0.25) is 0 Å². The zero-order chi connectivity index (χ0) is 14.1. The molecule has 0 saturated carbocycles. The third-order valence-corrected chi connectivity index (χ3v) is 3.60. The van der Waals surface area contributed by atoms with Gasteiger partial charge in [0, 0.05) is 41.4 Å². The number of carbonyl (C=O) groups is 1. The first-order valence-electron chi connectivity index (χ1n) is 6.11. The first kappa shape index (κ1) is 15.7. The van der Waals surface area contributed by atoms with Crippen LogP contribution in [0.3, 0.4) is 0 Å². The summed E-state index contributed by atoms with van der Waals surface area (Å²) in [7, 11) is 0. The molecule has 0 unspecified atom stereocenters. The second-order valence-corrected chi connectivity index (χ2v) is 5.39. The van der Waals surface area contributed by atoms with Crippen LogP contribution >= 0.6 is 28.3 Å². The molecule has 9 heteroatoms. The van der Waals surface area contributed by atoms with Crippen molar-refractivity contribution < 1.29 is 4.79 Å². The average molecular weight is 375 g/mol. The van der Waals surface area contributed by atoms with E-state index in [-0.39, 0.29) is 23.7 Å². The number of amides is 1. The second kappa shape index (κ2) is 6.42. The van der Waals surface area contributed by atoms with Gasteiger partial charge in [0.25, 0.3) is 11.5 Å². The first-order chi connectivity index (χ1) is 9.65. The largest absolute Gasteiger partial charge is 0.326 e. The normalized spacial score (nSPS) is 13.2.